The monoisotopic (exact) mass is 524 g/mol. The standard InChI is InChI=1S/C31H24O8/c1-16-14-25(37)27(23(35)13-4-17-2-7-19(32)8-3-17)31-26(16)28(29(38)22-12-11-21(34)15-24(22)36)30(39-31)18-5-9-20(33)10-6-18/h2-15,28,30,32-34,36-37H,1H3. The van der Waals surface area contributed by atoms with Gasteiger partial charge in [0.25, 0.3) is 0 Å². The normalized spacial score (nSPS) is 16.1. The van der Waals surface area contributed by atoms with Crippen molar-refractivity contribution in [3.05, 3.63) is 112 Å². The molecular formula is C31H24O8. The van der Waals surface area contributed by atoms with E-state index in [4.69, 9.17) is 4.74 Å². The minimum absolute atomic E-state index is 0.0115. The third kappa shape index (κ3) is 4.75. The summed E-state index contributed by atoms with van der Waals surface area (Å²) in [5.74, 6) is -2.92. The zero-order chi connectivity index (χ0) is 27.8. The van der Waals surface area contributed by atoms with Crippen LogP contribution in [0.5, 0.6) is 34.5 Å². The maximum Gasteiger partial charge on any atom is 0.193 e. The molecule has 8 nitrogen and oxygen atoms in total. The van der Waals surface area contributed by atoms with Crippen molar-refractivity contribution in [1.29, 1.82) is 0 Å². The number of benzene rings is 4. The summed E-state index contributed by atoms with van der Waals surface area (Å²) in [4.78, 5) is 27.2. The predicted molar refractivity (Wildman–Crippen MR) is 143 cm³/mol. The van der Waals surface area contributed by atoms with E-state index in [1.807, 2.05) is 0 Å². The van der Waals surface area contributed by atoms with E-state index in [9.17, 15) is 35.1 Å². The highest BCUT2D eigenvalue weighted by molar-refractivity contribution is 6.12. The summed E-state index contributed by atoms with van der Waals surface area (Å²) >= 11 is 0. The number of hydrogen-bond donors (Lipinski definition) is 5. The fraction of sp³-hybridized carbons (Fsp3) is 0.0968. The van der Waals surface area contributed by atoms with E-state index in [0.29, 0.717) is 22.3 Å². The molecule has 0 spiro atoms. The topological polar surface area (TPSA) is 145 Å². The SMILES string of the molecule is Cc1cc(O)c(C(=O)C=Cc2ccc(O)cc2)c2c1C(C(=O)c1ccc(O)cc1O)C(c1ccc(O)cc1)O2. The molecule has 1 aliphatic rings. The highest BCUT2D eigenvalue weighted by atomic mass is 16.5. The van der Waals surface area contributed by atoms with Crippen LogP contribution in [-0.4, -0.2) is 37.1 Å². The minimum atomic E-state index is -1.02. The Morgan fingerprint density at radius 1 is 0.769 bits per heavy atom. The van der Waals surface area contributed by atoms with Crippen LogP contribution in [0.25, 0.3) is 6.08 Å². The second kappa shape index (κ2) is 9.90. The fourth-order valence-electron chi connectivity index (χ4n) is 4.81. The van der Waals surface area contributed by atoms with Crippen LogP contribution < -0.4 is 4.74 Å². The van der Waals surface area contributed by atoms with Crippen LogP contribution >= 0.6 is 0 Å². The highest BCUT2D eigenvalue weighted by Crippen LogP contribution is 2.53. The van der Waals surface area contributed by atoms with Gasteiger partial charge < -0.3 is 30.3 Å². The molecule has 5 rings (SSSR count). The van der Waals surface area contributed by atoms with Crippen LogP contribution in [0.1, 0.15) is 55.0 Å². The molecule has 2 atom stereocenters. The molecule has 2 unspecified atom stereocenters. The van der Waals surface area contributed by atoms with Gasteiger partial charge in [-0.1, -0.05) is 30.3 Å². The average molecular weight is 525 g/mol. The van der Waals surface area contributed by atoms with E-state index in [0.717, 1.165) is 6.07 Å². The van der Waals surface area contributed by atoms with Gasteiger partial charge in [-0.2, -0.15) is 0 Å². The molecule has 8 heteroatoms. The third-order valence-electron chi connectivity index (χ3n) is 6.68. The first-order chi connectivity index (χ1) is 18.6. The fourth-order valence-corrected chi connectivity index (χ4v) is 4.81. The van der Waals surface area contributed by atoms with Gasteiger partial charge in [0, 0.05) is 11.6 Å². The lowest BCUT2D eigenvalue weighted by Gasteiger charge is -2.20. The van der Waals surface area contributed by atoms with Gasteiger partial charge in [-0.05, 0) is 72.2 Å². The van der Waals surface area contributed by atoms with Crippen LogP contribution in [0.3, 0.4) is 0 Å². The summed E-state index contributed by atoms with van der Waals surface area (Å²) in [6.07, 6.45) is 1.84. The molecule has 0 radical (unpaired) electrons. The van der Waals surface area contributed by atoms with Gasteiger partial charge in [-0.3, -0.25) is 9.59 Å². The van der Waals surface area contributed by atoms with Crippen LogP contribution in [0.2, 0.25) is 0 Å². The zero-order valence-corrected chi connectivity index (χ0v) is 20.7. The lowest BCUT2D eigenvalue weighted by atomic mass is 9.82. The van der Waals surface area contributed by atoms with Gasteiger partial charge in [-0.25, -0.2) is 0 Å². The molecule has 0 fully saturated rings. The Labute approximate surface area is 223 Å². The Kier molecular flexibility index (Phi) is 6.45. The molecule has 0 saturated heterocycles. The Hall–Kier alpha value is -5.24. The Morgan fingerprint density at radius 2 is 1.38 bits per heavy atom. The number of carbonyl (C=O) groups excluding carboxylic acids is 2. The van der Waals surface area contributed by atoms with Crippen molar-refractivity contribution in [2.75, 3.05) is 0 Å². The molecular weight excluding hydrogens is 500 g/mol. The van der Waals surface area contributed by atoms with Crippen molar-refractivity contribution in [2.24, 2.45) is 0 Å². The maximum atomic E-state index is 13.9. The van der Waals surface area contributed by atoms with Gasteiger partial charge in [0.05, 0.1) is 11.5 Å². The Morgan fingerprint density at radius 3 is 2.03 bits per heavy atom. The number of ether oxygens (including phenoxy) is 1. The highest BCUT2D eigenvalue weighted by Gasteiger charge is 2.45. The number of carbonyl (C=O) groups is 2. The third-order valence-corrected chi connectivity index (χ3v) is 6.68. The van der Waals surface area contributed by atoms with Gasteiger partial charge >= 0.3 is 0 Å². The number of fused-ring (bicyclic) bond motifs is 1. The predicted octanol–water partition coefficient (Wildman–Crippen LogP) is 5.52. The van der Waals surface area contributed by atoms with E-state index >= 15 is 0 Å². The quantitative estimate of drug-likeness (QED) is 0.164. The maximum absolute atomic E-state index is 13.9. The number of phenols is 5. The number of hydrogen-bond acceptors (Lipinski definition) is 8. The van der Waals surface area contributed by atoms with Crippen molar-refractivity contribution in [3.8, 4) is 34.5 Å². The summed E-state index contributed by atoms with van der Waals surface area (Å²) in [5.41, 5.74) is 1.87. The van der Waals surface area contributed by atoms with Crippen molar-refractivity contribution in [3.63, 3.8) is 0 Å². The van der Waals surface area contributed by atoms with Crippen molar-refractivity contribution >= 4 is 17.6 Å². The molecule has 0 aromatic heterocycles. The molecule has 0 amide bonds. The van der Waals surface area contributed by atoms with Crippen LogP contribution in [0.4, 0.5) is 0 Å². The average Bonchev–Trinajstić information content (AvgIpc) is 3.29. The molecule has 196 valence electrons. The molecule has 0 saturated carbocycles. The molecule has 4 aromatic rings. The largest absolute Gasteiger partial charge is 0.508 e. The number of phenolic OH excluding ortho intramolecular Hbond substituents is 5. The number of aromatic hydroxyl groups is 5. The van der Waals surface area contributed by atoms with Crippen molar-refractivity contribution < 1.29 is 39.9 Å². The lowest BCUT2D eigenvalue weighted by molar-refractivity contribution is 0.0892. The Bertz CT molecular complexity index is 1620. The summed E-state index contributed by atoms with van der Waals surface area (Å²) in [5, 5.41) is 50.2. The summed E-state index contributed by atoms with van der Waals surface area (Å²) in [6, 6.07) is 17.3. The van der Waals surface area contributed by atoms with E-state index in [1.54, 1.807) is 31.2 Å². The van der Waals surface area contributed by atoms with Crippen LogP contribution in [-0.2, 0) is 0 Å². The van der Waals surface area contributed by atoms with Gasteiger partial charge in [0.2, 0.25) is 0 Å². The lowest BCUT2D eigenvalue weighted by Crippen LogP contribution is -2.19. The summed E-state index contributed by atoms with van der Waals surface area (Å²) < 4.78 is 6.25. The molecule has 1 heterocycles. The first-order valence-electron chi connectivity index (χ1n) is 12.0. The Balaban J connectivity index is 1.64. The number of aryl methyl sites for hydroxylation is 1. The molecule has 5 N–H and O–H groups in total. The van der Waals surface area contributed by atoms with Crippen LogP contribution in [0.15, 0.2) is 78.9 Å². The van der Waals surface area contributed by atoms with E-state index in [2.05, 4.69) is 0 Å². The second-order valence-electron chi connectivity index (χ2n) is 9.29. The minimum Gasteiger partial charge on any atom is -0.508 e. The number of rotatable bonds is 6. The first kappa shape index (κ1) is 25.4. The van der Waals surface area contributed by atoms with Crippen molar-refractivity contribution in [2.45, 2.75) is 18.9 Å². The molecule has 39 heavy (non-hydrogen) atoms. The van der Waals surface area contributed by atoms with Gasteiger partial charge in [-0.15, -0.1) is 0 Å². The van der Waals surface area contributed by atoms with Crippen LogP contribution in [0, 0.1) is 6.92 Å². The number of ketones is 2. The summed E-state index contributed by atoms with van der Waals surface area (Å²) in [6.45, 7) is 1.68. The van der Waals surface area contributed by atoms with Gasteiger partial charge in [0.15, 0.2) is 11.6 Å². The van der Waals surface area contributed by atoms with E-state index < -0.39 is 29.3 Å². The van der Waals surface area contributed by atoms with E-state index in [-0.39, 0.29) is 39.9 Å². The zero-order valence-electron chi connectivity index (χ0n) is 20.7. The number of allylic oxidation sites excluding steroid dienone is 1. The molecule has 4 aromatic carbocycles. The molecule has 1 aliphatic heterocycles. The van der Waals surface area contributed by atoms with E-state index in [1.165, 1.54) is 54.6 Å². The summed E-state index contributed by atoms with van der Waals surface area (Å²) in [7, 11) is 0. The second-order valence-corrected chi connectivity index (χ2v) is 9.29. The van der Waals surface area contributed by atoms with Gasteiger partial charge in [0.1, 0.15) is 46.2 Å². The number of Topliss-reactive ketones (excluding diaryl/α,β-unsaturated/α-hetero) is 1. The smallest absolute Gasteiger partial charge is 0.193 e. The first-order valence-corrected chi connectivity index (χ1v) is 12.0. The molecule has 0 bridgehead atoms. The van der Waals surface area contributed by atoms with Crippen molar-refractivity contribution in [1.82, 2.24) is 0 Å². The molecule has 0 aliphatic carbocycles.